The lowest BCUT2D eigenvalue weighted by atomic mass is 9.97. The van der Waals surface area contributed by atoms with Gasteiger partial charge in [0.15, 0.2) is 10.9 Å². The smallest absolute Gasteiger partial charge is 0.248 e. The molecule has 2 amide bonds. The van der Waals surface area contributed by atoms with Gasteiger partial charge in [-0.1, -0.05) is 36.1 Å². The minimum Gasteiger partial charge on any atom is -0.306 e. The molecular weight excluding hydrogens is 400 g/mol. The van der Waals surface area contributed by atoms with Crippen LogP contribution in [0.5, 0.6) is 0 Å². The molecule has 0 aliphatic carbocycles. The molecule has 0 aliphatic heterocycles. The molecule has 8 nitrogen and oxygen atoms in total. The van der Waals surface area contributed by atoms with E-state index in [-0.39, 0.29) is 11.8 Å². The molecule has 0 aliphatic rings. The maximum atomic E-state index is 12.6. The summed E-state index contributed by atoms with van der Waals surface area (Å²) < 4.78 is 0. The molecule has 1 aromatic carbocycles. The summed E-state index contributed by atoms with van der Waals surface area (Å²) in [5, 5.41) is 14.6. The maximum absolute atomic E-state index is 12.6. The fourth-order valence-electron chi connectivity index (χ4n) is 2.63. The van der Waals surface area contributed by atoms with Gasteiger partial charge in [0.1, 0.15) is 10.9 Å². The fraction of sp³-hybridized carbons (Fsp3) is 0.143. The van der Waals surface area contributed by atoms with E-state index < -0.39 is 5.92 Å². The first-order chi connectivity index (χ1) is 14.4. The summed E-state index contributed by atoms with van der Waals surface area (Å²) in [7, 11) is 0. The molecule has 30 heavy (non-hydrogen) atoms. The zero-order valence-electron chi connectivity index (χ0n) is 16.3. The molecule has 0 bridgehead atoms. The number of carbonyl (C=O) groups excluding carboxylic acids is 2. The van der Waals surface area contributed by atoms with Crippen LogP contribution in [0.15, 0.2) is 49.3 Å². The van der Waals surface area contributed by atoms with Gasteiger partial charge in [0, 0.05) is 5.56 Å². The summed E-state index contributed by atoms with van der Waals surface area (Å²) >= 11 is 1.12. The van der Waals surface area contributed by atoms with Crippen LogP contribution in [-0.4, -0.2) is 26.8 Å². The van der Waals surface area contributed by atoms with Gasteiger partial charge in [-0.15, -0.1) is 0 Å². The van der Waals surface area contributed by atoms with Crippen molar-refractivity contribution in [3.63, 3.8) is 0 Å². The second kappa shape index (κ2) is 9.07. The first-order valence-electron chi connectivity index (χ1n) is 8.95. The highest BCUT2D eigenvalue weighted by Crippen LogP contribution is 2.26. The molecule has 0 saturated heterocycles. The Morgan fingerprint density at radius 2 is 2.07 bits per heavy atom. The van der Waals surface area contributed by atoms with Crippen LogP contribution in [0.3, 0.4) is 0 Å². The summed E-state index contributed by atoms with van der Waals surface area (Å²) in [6, 6.07) is 9.44. The van der Waals surface area contributed by atoms with Gasteiger partial charge < -0.3 is 10.6 Å². The summed E-state index contributed by atoms with van der Waals surface area (Å²) in [5.74, 6) is -0.660. The van der Waals surface area contributed by atoms with Crippen molar-refractivity contribution in [1.82, 2.24) is 15.0 Å². The number of hydrogen-bond acceptors (Lipinski definition) is 7. The fourth-order valence-corrected chi connectivity index (χ4v) is 3.24. The van der Waals surface area contributed by atoms with Gasteiger partial charge in [0.25, 0.3) is 0 Å². The average molecular weight is 418 g/mol. The van der Waals surface area contributed by atoms with Crippen LogP contribution in [0, 0.1) is 18.3 Å². The van der Waals surface area contributed by atoms with Crippen molar-refractivity contribution in [2.24, 2.45) is 0 Å². The van der Waals surface area contributed by atoms with Crippen LogP contribution < -0.4 is 10.6 Å². The highest BCUT2D eigenvalue weighted by molar-refractivity contribution is 7.16. The van der Waals surface area contributed by atoms with E-state index >= 15 is 0 Å². The second-order valence-corrected chi connectivity index (χ2v) is 7.39. The highest BCUT2D eigenvalue weighted by Gasteiger charge is 2.18. The monoisotopic (exact) mass is 418 g/mol. The Labute approximate surface area is 177 Å². The van der Waals surface area contributed by atoms with Gasteiger partial charge in [-0.2, -0.15) is 5.26 Å². The summed E-state index contributed by atoms with van der Waals surface area (Å²) in [6.45, 7) is 6.95. The quantitative estimate of drug-likeness (QED) is 0.590. The van der Waals surface area contributed by atoms with Crippen LogP contribution in [0.4, 0.5) is 10.9 Å². The Bertz CT molecular complexity index is 1160. The number of amides is 2. The second-order valence-electron chi connectivity index (χ2n) is 6.36. The van der Waals surface area contributed by atoms with E-state index in [0.29, 0.717) is 27.2 Å². The van der Waals surface area contributed by atoms with Gasteiger partial charge in [-0.25, -0.2) is 15.0 Å². The molecule has 0 saturated carbocycles. The number of benzene rings is 1. The van der Waals surface area contributed by atoms with Crippen molar-refractivity contribution >= 4 is 34.1 Å². The van der Waals surface area contributed by atoms with Crippen molar-refractivity contribution in [1.29, 1.82) is 5.26 Å². The van der Waals surface area contributed by atoms with E-state index in [0.717, 1.165) is 28.5 Å². The number of aromatic nitrogens is 3. The summed E-state index contributed by atoms with van der Waals surface area (Å²) in [4.78, 5) is 37.3. The first kappa shape index (κ1) is 20.8. The molecule has 2 N–H and O–H groups in total. The van der Waals surface area contributed by atoms with E-state index in [1.165, 1.54) is 6.20 Å². The lowest BCUT2D eigenvalue weighted by molar-refractivity contribution is -0.117. The van der Waals surface area contributed by atoms with Gasteiger partial charge in [-0.3, -0.25) is 9.59 Å². The minimum absolute atomic E-state index is 0.226. The van der Waals surface area contributed by atoms with Gasteiger partial charge in [0.05, 0.1) is 29.7 Å². The number of anilines is 2. The zero-order chi connectivity index (χ0) is 21.7. The summed E-state index contributed by atoms with van der Waals surface area (Å²) in [5.41, 5.74) is 2.78. The molecular formula is C21H18N6O2S. The molecule has 150 valence electrons. The molecule has 3 aromatic rings. The number of carbonyl (C=O) groups is 2. The number of thiazole rings is 1. The Morgan fingerprint density at radius 3 is 2.73 bits per heavy atom. The normalized spacial score (nSPS) is 11.2. The maximum Gasteiger partial charge on any atom is 0.248 e. The van der Waals surface area contributed by atoms with Crippen LogP contribution in [0.1, 0.15) is 29.0 Å². The van der Waals surface area contributed by atoms with Gasteiger partial charge in [-0.05, 0) is 31.6 Å². The Balaban J connectivity index is 1.79. The molecule has 3 rings (SSSR count). The number of nitrogens with zero attached hydrogens (tertiary/aromatic N) is 4. The van der Waals surface area contributed by atoms with Crippen LogP contribution in [0.25, 0.3) is 11.3 Å². The van der Waals surface area contributed by atoms with Crippen molar-refractivity contribution < 1.29 is 9.59 Å². The Hall–Kier alpha value is -3.90. The van der Waals surface area contributed by atoms with E-state index in [9.17, 15) is 9.59 Å². The zero-order valence-corrected chi connectivity index (χ0v) is 17.2. The number of nitriles is 1. The molecule has 2 aromatic heterocycles. The third-order valence-electron chi connectivity index (χ3n) is 4.30. The number of aryl methyl sites for hydroxylation is 1. The lowest BCUT2D eigenvalue weighted by Crippen LogP contribution is -2.18. The highest BCUT2D eigenvalue weighted by atomic mass is 32.1. The lowest BCUT2D eigenvalue weighted by Gasteiger charge is -2.13. The van der Waals surface area contributed by atoms with E-state index in [1.54, 1.807) is 20.0 Å². The topological polar surface area (TPSA) is 121 Å². The predicted molar refractivity (Wildman–Crippen MR) is 115 cm³/mol. The Kier molecular flexibility index (Phi) is 6.29. The Morgan fingerprint density at radius 1 is 1.27 bits per heavy atom. The third-order valence-corrected chi connectivity index (χ3v) is 5.11. The van der Waals surface area contributed by atoms with Crippen molar-refractivity contribution in [2.75, 3.05) is 10.6 Å². The number of nitrogens with one attached hydrogen (secondary N) is 2. The molecule has 0 radical (unpaired) electrons. The SMILES string of the molecule is C=CC(=O)Nc1ncc(-c2cccc([C@H](C)C(=O)Nc3ncc(C#N)s3)c2)nc1C. The predicted octanol–water partition coefficient (Wildman–Crippen LogP) is 3.65. The van der Waals surface area contributed by atoms with Crippen molar-refractivity contribution in [3.05, 3.63) is 65.4 Å². The standard InChI is InChI=1S/C21H18N6O2S/c1-4-18(28)26-19-13(3)25-17(11-23-19)15-7-5-6-14(8-15)12(2)20(29)27-21-24-10-16(9-22)30-21/h4-8,10-12H,1H2,2-3H3,(H,23,26,28)(H,24,27,29)/t12-/m0/s1. The third kappa shape index (κ3) is 4.74. The van der Waals surface area contributed by atoms with Crippen LogP contribution >= 0.6 is 11.3 Å². The molecule has 0 fully saturated rings. The van der Waals surface area contributed by atoms with Crippen LogP contribution in [-0.2, 0) is 9.59 Å². The summed E-state index contributed by atoms with van der Waals surface area (Å²) in [6.07, 6.45) is 4.15. The molecule has 2 heterocycles. The van der Waals surface area contributed by atoms with Gasteiger partial charge in [0.2, 0.25) is 11.8 Å². The van der Waals surface area contributed by atoms with E-state index in [2.05, 4.69) is 32.2 Å². The van der Waals surface area contributed by atoms with Crippen molar-refractivity contribution in [3.8, 4) is 17.3 Å². The average Bonchev–Trinajstić information content (AvgIpc) is 3.22. The number of rotatable bonds is 6. The first-order valence-corrected chi connectivity index (χ1v) is 9.77. The van der Waals surface area contributed by atoms with E-state index in [1.807, 2.05) is 30.3 Å². The number of hydrogen-bond donors (Lipinski definition) is 2. The van der Waals surface area contributed by atoms with Gasteiger partial charge >= 0.3 is 0 Å². The van der Waals surface area contributed by atoms with E-state index in [4.69, 9.17) is 5.26 Å². The molecule has 0 spiro atoms. The minimum atomic E-state index is -0.445. The molecule has 0 unspecified atom stereocenters. The van der Waals surface area contributed by atoms with Crippen molar-refractivity contribution in [2.45, 2.75) is 19.8 Å². The van der Waals surface area contributed by atoms with Crippen LogP contribution in [0.2, 0.25) is 0 Å². The molecule has 1 atom stereocenters. The molecule has 9 heteroatoms. The largest absolute Gasteiger partial charge is 0.306 e.